The summed E-state index contributed by atoms with van der Waals surface area (Å²) in [5, 5.41) is 8.70. The summed E-state index contributed by atoms with van der Waals surface area (Å²) in [5.41, 5.74) is 0.167. The molecule has 2 rings (SSSR count). The number of hydrogen-bond acceptors (Lipinski definition) is 5. The van der Waals surface area contributed by atoms with Crippen LogP contribution in [-0.2, 0) is 9.31 Å². The lowest BCUT2D eigenvalue weighted by Crippen LogP contribution is -2.41. The molecule has 0 spiro atoms. The van der Waals surface area contributed by atoms with E-state index in [1.807, 2.05) is 33.8 Å². The molecule has 20 heavy (non-hydrogen) atoms. The standard InChI is InChI=1S/C14H22BNO4/c1-13(2)14(3,4)20-15(19-13)11-6-7-12(16-10-11)18-9-5-8-17/h6-7,10,17H,5,8-9H2,1-4H3. The lowest BCUT2D eigenvalue weighted by Gasteiger charge is -2.32. The fourth-order valence-corrected chi connectivity index (χ4v) is 1.84. The average molecular weight is 279 g/mol. The largest absolute Gasteiger partial charge is 0.496 e. The Bertz CT molecular complexity index is 431. The smallest absolute Gasteiger partial charge is 0.478 e. The molecule has 1 N–H and O–H groups in total. The first-order valence-electron chi connectivity index (χ1n) is 6.91. The summed E-state index contributed by atoms with van der Waals surface area (Å²) in [4.78, 5) is 4.23. The maximum Gasteiger partial charge on any atom is 0.496 e. The van der Waals surface area contributed by atoms with E-state index in [9.17, 15) is 0 Å². The van der Waals surface area contributed by atoms with Crippen LogP contribution in [0.1, 0.15) is 34.1 Å². The minimum absolute atomic E-state index is 0.117. The number of hydrogen-bond donors (Lipinski definition) is 1. The van der Waals surface area contributed by atoms with Gasteiger partial charge in [0, 0.05) is 24.7 Å². The summed E-state index contributed by atoms with van der Waals surface area (Å²) in [6.45, 7) is 8.66. The van der Waals surface area contributed by atoms with Gasteiger partial charge in [0.2, 0.25) is 5.88 Å². The monoisotopic (exact) mass is 279 g/mol. The molecule has 1 fully saturated rings. The first kappa shape index (κ1) is 15.3. The molecule has 6 heteroatoms. The van der Waals surface area contributed by atoms with Gasteiger partial charge in [0.1, 0.15) is 0 Å². The average Bonchev–Trinajstić information content (AvgIpc) is 2.60. The highest BCUT2D eigenvalue weighted by atomic mass is 16.7. The molecule has 2 heterocycles. The van der Waals surface area contributed by atoms with Crippen molar-refractivity contribution in [3.05, 3.63) is 18.3 Å². The molecule has 5 nitrogen and oxygen atoms in total. The van der Waals surface area contributed by atoms with Gasteiger partial charge in [0.25, 0.3) is 0 Å². The SMILES string of the molecule is CC1(C)OB(c2ccc(OCCCO)nc2)OC1(C)C. The highest BCUT2D eigenvalue weighted by Crippen LogP contribution is 2.36. The quantitative estimate of drug-likeness (QED) is 0.647. The number of ether oxygens (including phenoxy) is 1. The van der Waals surface area contributed by atoms with E-state index < -0.39 is 7.12 Å². The van der Waals surface area contributed by atoms with Gasteiger partial charge in [0.05, 0.1) is 17.8 Å². The molecule has 1 aliphatic heterocycles. The second-order valence-electron chi connectivity index (χ2n) is 5.94. The Morgan fingerprint density at radius 1 is 1.20 bits per heavy atom. The van der Waals surface area contributed by atoms with Gasteiger partial charge in [0.15, 0.2) is 0 Å². The van der Waals surface area contributed by atoms with E-state index in [0.717, 1.165) is 5.46 Å². The first-order valence-corrected chi connectivity index (χ1v) is 6.91. The molecular formula is C14H22BNO4. The van der Waals surface area contributed by atoms with Crippen LogP contribution in [0.5, 0.6) is 5.88 Å². The zero-order valence-electron chi connectivity index (χ0n) is 12.5. The van der Waals surface area contributed by atoms with Crippen LogP contribution in [0.15, 0.2) is 18.3 Å². The third-order valence-electron chi connectivity index (χ3n) is 3.84. The Labute approximate surface area is 120 Å². The highest BCUT2D eigenvalue weighted by Gasteiger charge is 2.51. The molecule has 0 bridgehead atoms. The van der Waals surface area contributed by atoms with E-state index in [1.54, 1.807) is 12.3 Å². The second kappa shape index (κ2) is 5.72. The molecule has 1 aromatic rings. The number of aliphatic hydroxyl groups is 1. The van der Waals surface area contributed by atoms with E-state index in [4.69, 9.17) is 19.2 Å². The van der Waals surface area contributed by atoms with E-state index in [-0.39, 0.29) is 17.8 Å². The van der Waals surface area contributed by atoms with Gasteiger partial charge in [-0.25, -0.2) is 4.98 Å². The highest BCUT2D eigenvalue weighted by molar-refractivity contribution is 6.62. The maximum absolute atomic E-state index is 8.70. The topological polar surface area (TPSA) is 60.8 Å². The normalized spacial score (nSPS) is 20.1. The number of aliphatic hydroxyl groups excluding tert-OH is 1. The minimum atomic E-state index is -0.404. The van der Waals surface area contributed by atoms with Gasteiger partial charge in [-0.2, -0.15) is 0 Å². The number of aromatic nitrogens is 1. The molecule has 0 saturated carbocycles. The third-order valence-corrected chi connectivity index (χ3v) is 3.84. The van der Waals surface area contributed by atoms with Crippen LogP contribution in [0.2, 0.25) is 0 Å². The molecule has 1 saturated heterocycles. The van der Waals surface area contributed by atoms with Crippen LogP contribution in [0.25, 0.3) is 0 Å². The predicted molar refractivity (Wildman–Crippen MR) is 77.2 cm³/mol. The van der Waals surface area contributed by atoms with Crippen molar-refractivity contribution in [1.29, 1.82) is 0 Å². The van der Waals surface area contributed by atoms with E-state index in [0.29, 0.717) is 18.9 Å². The lowest BCUT2D eigenvalue weighted by atomic mass is 9.80. The van der Waals surface area contributed by atoms with Crippen molar-refractivity contribution in [3.8, 4) is 5.88 Å². The Balaban J connectivity index is 2.01. The van der Waals surface area contributed by atoms with E-state index >= 15 is 0 Å². The molecule has 1 aliphatic rings. The van der Waals surface area contributed by atoms with Crippen molar-refractivity contribution in [2.75, 3.05) is 13.2 Å². The van der Waals surface area contributed by atoms with Crippen LogP contribution in [-0.4, -0.2) is 41.6 Å². The molecule has 110 valence electrons. The van der Waals surface area contributed by atoms with Crippen LogP contribution in [0.4, 0.5) is 0 Å². The first-order chi connectivity index (χ1) is 9.36. The summed E-state index contributed by atoms with van der Waals surface area (Å²) in [6.07, 6.45) is 2.30. The molecule has 0 aromatic carbocycles. The Morgan fingerprint density at radius 3 is 2.35 bits per heavy atom. The van der Waals surface area contributed by atoms with Crippen molar-refractivity contribution < 1.29 is 19.2 Å². The maximum atomic E-state index is 8.70. The fraction of sp³-hybridized carbons (Fsp3) is 0.643. The number of rotatable bonds is 5. The molecule has 1 aromatic heterocycles. The lowest BCUT2D eigenvalue weighted by molar-refractivity contribution is 0.00578. The van der Waals surface area contributed by atoms with Gasteiger partial charge >= 0.3 is 7.12 Å². The van der Waals surface area contributed by atoms with E-state index in [1.165, 1.54) is 0 Å². The van der Waals surface area contributed by atoms with Crippen LogP contribution in [0.3, 0.4) is 0 Å². The molecule has 0 aliphatic carbocycles. The van der Waals surface area contributed by atoms with Crippen molar-refractivity contribution in [3.63, 3.8) is 0 Å². The third kappa shape index (κ3) is 3.14. The molecule has 0 unspecified atom stereocenters. The second-order valence-corrected chi connectivity index (χ2v) is 5.94. The molecule has 0 amide bonds. The van der Waals surface area contributed by atoms with Gasteiger partial charge in [-0.15, -0.1) is 0 Å². The minimum Gasteiger partial charge on any atom is -0.478 e. The number of nitrogens with zero attached hydrogens (tertiary/aromatic N) is 1. The predicted octanol–water partition coefficient (Wildman–Crippen LogP) is 1.14. The summed E-state index contributed by atoms with van der Waals surface area (Å²) in [7, 11) is -0.404. The van der Waals surface area contributed by atoms with Crippen LogP contribution >= 0.6 is 0 Å². The van der Waals surface area contributed by atoms with Gasteiger partial charge in [-0.3, -0.25) is 0 Å². The molecular weight excluding hydrogens is 257 g/mol. The van der Waals surface area contributed by atoms with Gasteiger partial charge in [-0.1, -0.05) is 6.07 Å². The van der Waals surface area contributed by atoms with Crippen molar-refractivity contribution in [2.24, 2.45) is 0 Å². The summed E-state index contributed by atoms with van der Waals surface area (Å²) in [5.74, 6) is 0.540. The zero-order chi connectivity index (χ0) is 14.8. The Hall–Kier alpha value is -1.11. The van der Waals surface area contributed by atoms with Gasteiger partial charge < -0.3 is 19.2 Å². The fourth-order valence-electron chi connectivity index (χ4n) is 1.84. The number of pyridine rings is 1. The van der Waals surface area contributed by atoms with Crippen LogP contribution in [0, 0.1) is 0 Å². The molecule has 0 atom stereocenters. The molecule has 0 radical (unpaired) electrons. The van der Waals surface area contributed by atoms with Crippen molar-refractivity contribution >= 4 is 12.6 Å². The van der Waals surface area contributed by atoms with Gasteiger partial charge in [-0.05, 0) is 33.8 Å². The van der Waals surface area contributed by atoms with E-state index in [2.05, 4.69) is 4.98 Å². The zero-order valence-corrected chi connectivity index (χ0v) is 12.5. The summed E-state index contributed by atoms with van der Waals surface area (Å²) in [6, 6.07) is 3.68. The van der Waals surface area contributed by atoms with Crippen LogP contribution < -0.4 is 10.2 Å². The summed E-state index contributed by atoms with van der Waals surface area (Å²) < 4.78 is 17.3. The Kier molecular flexibility index (Phi) is 4.37. The summed E-state index contributed by atoms with van der Waals surface area (Å²) >= 11 is 0. The Morgan fingerprint density at radius 2 is 1.85 bits per heavy atom. The van der Waals surface area contributed by atoms with Crippen molar-refractivity contribution in [2.45, 2.75) is 45.3 Å². The van der Waals surface area contributed by atoms with Crippen molar-refractivity contribution in [1.82, 2.24) is 4.98 Å².